The molecular weight excluding hydrogens is 420 g/mol. The Morgan fingerprint density at radius 3 is 2.69 bits per heavy atom. The predicted octanol–water partition coefficient (Wildman–Crippen LogP) is 2.57. The van der Waals surface area contributed by atoms with Gasteiger partial charge in [-0.05, 0) is 29.2 Å². The van der Waals surface area contributed by atoms with Crippen LogP contribution in [0, 0.1) is 0 Å². The molecule has 2 N–H and O–H groups in total. The highest BCUT2D eigenvalue weighted by Crippen LogP contribution is 2.37. The van der Waals surface area contributed by atoms with Crippen molar-refractivity contribution in [1.82, 2.24) is 9.55 Å². The van der Waals surface area contributed by atoms with Gasteiger partial charge in [-0.2, -0.15) is 0 Å². The Morgan fingerprint density at radius 1 is 1.46 bits per heavy atom. The largest absolute Gasteiger partial charge is 0.414 e. The third kappa shape index (κ3) is 4.64. The molecule has 2 rings (SSSR count). The Hall–Kier alpha value is -1.00. The van der Waals surface area contributed by atoms with Crippen molar-refractivity contribution in [2.75, 3.05) is 6.61 Å². The highest BCUT2D eigenvalue weighted by Gasteiger charge is 2.41. The van der Waals surface area contributed by atoms with E-state index in [2.05, 4.69) is 54.8 Å². The van der Waals surface area contributed by atoms with Gasteiger partial charge in [-0.1, -0.05) is 36.7 Å². The number of aliphatic hydroxyl groups excluding tert-OH is 1. The van der Waals surface area contributed by atoms with Crippen LogP contribution in [0.3, 0.4) is 0 Å². The first-order chi connectivity index (χ1) is 12.0. The van der Waals surface area contributed by atoms with Crippen LogP contribution in [0.1, 0.15) is 39.0 Å². The molecule has 1 aliphatic rings. The molecule has 1 aromatic rings. The molecule has 26 heavy (non-hydrogen) atoms. The smallest absolute Gasteiger partial charge is 0.330 e. The first-order valence-electron chi connectivity index (χ1n) is 8.56. The number of hydrogen-bond donors (Lipinski definition) is 2. The maximum atomic E-state index is 12.1. The summed E-state index contributed by atoms with van der Waals surface area (Å²) >= 11 is 3.12. The van der Waals surface area contributed by atoms with Gasteiger partial charge in [0, 0.05) is 12.6 Å². The van der Waals surface area contributed by atoms with Gasteiger partial charge >= 0.3 is 5.69 Å². The van der Waals surface area contributed by atoms with Crippen molar-refractivity contribution in [1.29, 1.82) is 0 Å². The summed E-state index contributed by atoms with van der Waals surface area (Å²) in [6, 6.07) is 0. The molecule has 1 aliphatic heterocycles. The van der Waals surface area contributed by atoms with Gasteiger partial charge in [-0.3, -0.25) is 14.3 Å². The lowest BCUT2D eigenvalue weighted by Crippen LogP contribution is -2.43. The third-order valence-corrected chi connectivity index (χ3v) is 9.93. The van der Waals surface area contributed by atoms with Crippen molar-refractivity contribution in [3.05, 3.63) is 37.6 Å². The summed E-state index contributed by atoms with van der Waals surface area (Å²) in [6.07, 6.45) is 1.34. The second kappa shape index (κ2) is 7.93. The normalized spacial score (nSPS) is 24.5. The van der Waals surface area contributed by atoms with Crippen LogP contribution in [0.15, 0.2) is 20.8 Å². The van der Waals surface area contributed by atoms with Crippen molar-refractivity contribution < 1.29 is 14.3 Å². The number of nitrogens with one attached hydrogen (secondary N) is 1. The summed E-state index contributed by atoms with van der Waals surface area (Å²) in [5.74, 6) is 0. The summed E-state index contributed by atoms with van der Waals surface area (Å²) in [7, 11) is -1.96. The number of rotatable bonds is 5. The quantitative estimate of drug-likeness (QED) is 0.677. The number of aromatic nitrogens is 2. The molecule has 0 saturated carbocycles. The summed E-state index contributed by atoms with van der Waals surface area (Å²) < 4.78 is 13.3. The van der Waals surface area contributed by atoms with Gasteiger partial charge in [0.05, 0.1) is 18.3 Å². The van der Waals surface area contributed by atoms with Crippen LogP contribution >= 0.6 is 15.9 Å². The molecule has 146 valence electrons. The lowest BCUT2D eigenvalue weighted by molar-refractivity contribution is -0.0433. The van der Waals surface area contributed by atoms with Gasteiger partial charge in [0.15, 0.2) is 8.32 Å². The molecule has 1 fully saturated rings. The molecule has 0 bridgehead atoms. The van der Waals surface area contributed by atoms with Crippen LogP contribution < -0.4 is 11.2 Å². The minimum Gasteiger partial charge on any atom is -0.414 e. The molecule has 0 amide bonds. The average molecular weight is 447 g/mol. The second-order valence-corrected chi connectivity index (χ2v) is 13.4. The van der Waals surface area contributed by atoms with E-state index in [0.717, 1.165) is 0 Å². The Balaban J connectivity index is 2.15. The molecule has 0 aliphatic carbocycles. The van der Waals surface area contributed by atoms with E-state index in [1.54, 1.807) is 0 Å². The lowest BCUT2D eigenvalue weighted by atomic mass is 10.2. The number of aromatic amines is 1. The van der Waals surface area contributed by atoms with Crippen LogP contribution in [0.25, 0.3) is 6.08 Å². The fourth-order valence-corrected chi connectivity index (χ4v) is 3.74. The summed E-state index contributed by atoms with van der Waals surface area (Å²) in [5, 5.41) is 10.4. The molecule has 0 aromatic carbocycles. The molecule has 3 atom stereocenters. The van der Waals surface area contributed by atoms with Crippen LogP contribution in [0.5, 0.6) is 0 Å². The van der Waals surface area contributed by atoms with E-state index < -0.39 is 38.0 Å². The van der Waals surface area contributed by atoms with Crippen LogP contribution in [0.4, 0.5) is 0 Å². The van der Waals surface area contributed by atoms with Gasteiger partial charge < -0.3 is 14.3 Å². The van der Waals surface area contributed by atoms with Crippen molar-refractivity contribution in [2.45, 2.75) is 63.8 Å². The Bertz CT molecular complexity index is 781. The van der Waals surface area contributed by atoms with E-state index in [-0.39, 0.29) is 18.1 Å². The molecule has 0 spiro atoms. The maximum Gasteiger partial charge on any atom is 0.330 e. The van der Waals surface area contributed by atoms with Crippen molar-refractivity contribution >= 4 is 30.3 Å². The monoisotopic (exact) mass is 446 g/mol. The van der Waals surface area contributed by atoms with Gasteiger partial charge in [-0.25, -0.2) is 4.79 Å². The molecule has 0 unspecified atom stereocenters. The van der Waals surface area contributed by atoms with E-state index in [4.69, 9.17) is 9.16 Å². The number of halogens is 1. The lowest BCUT2D eigenvalue weighted by Gasteiger charge is -2.37. The average Bonchev–Trinajstić information content (AvgIpc) is 2.88. The molecule has 1 saturated heterocycles. The molecule has 9 heteroatoms. The topological polar surface area (TPSA) is 93.5 Å². The van der Waals surface area contributed by atoms with Gasteiger partial charge in [0.25, 0.3) is 5.56 Å². The Morgan fingerprint density at radius 2 is 2.12 bits per heavy atom. The molecular formula is C17H27BrN2O5Si. The Kier molecular flexibility index (Phi) is 6.50. The van der Waals surface area contributed by atoms with Crippen LogP contribution in [0.2, 0.25) is 18.1 Å². The van der Waals surface area contributed by atoms with E-state index in [1.807, 2.05) is 0 Å². The highest BCUT2D eigenvalue weighted by atomic mass is 79.9. The minimum absolute atomic E-state index is 0.0583. The number of aliphatic hydroxyl groups is 1. The Labute approximate surface area is 162 Å². The van der Waals surface area contributed by atoms with Gasteiger partial charge in [-0.15, -0.1) is 0 Å². The van der Waals surface area contributed by atoms with E-state index in [1.165, 1.54) is 21.8 Å². The first-order valence-corrected chi connectivity index (χ1v) is 12.4. The molecule has 2 heterocycles. The van der Waals surface area contributed by atoms with E-state index in [9.17, 15) is 14.7 Å². The molecule has 7 nitrogen and oxygen atoms in total. The number of hydrogen-bond acceptors (Lipinski definition) is 5. The third-order valence-electron chi connectivity index (χ3n) is 5.17. The fourth-order valence-electron chi connectivity index (χ4n) is 2.44. The number of nitrogens with zero attached hydrogens (tertiary/aromatic N) is 1. The van der Waals surface area contributed by atoms with Crippen LogP contribution in [-0.4, -0.2) is 41.8 Å². The summed E-state index contributed by atoms with van der Waals surface area (Å²) in [6.45, 7) is 11.0. The van der Waals surface area contributed by atoms with Crippen molar-refractivity contribution in [3.8, 4) is 0 Å². The highest BCUT2D eigenvalue weighted by molar-refractivity contribution is 9.11. The zero-order chi connectivity index (χ0) is 19.7. The van der Waals surface area contributed by atoms with E-state index in [0.29, 0.717) is 5.56 Å². The first kappa shape index (κ1) is 21.3. The number of H-pyrrole nitrogens is 1. The fraction of sp³-hybridized carbons (Fsp3) is 0.647. The zero-order valence-corrected chi connectivity index (χ0v) is 18.4. The van der Waals surface area contributed by atoms with Gasteiger partial charge in [0.2, 0.25) is 0 Å². The van der Waals surface area contributed by atoms with Crippen LogP contribution in [-0.2, 0) is 9.16 Å². The SMILES string of the molecule is CC(C)(C)[Si](C)(C)OC[C@H]1O[C@@H](n2cc(/C=C/Br)c(=O)[nH]c2=O)C[C@@H]1O. The number of ether oxygens (including phenoxy) is 1. The zero-order valence-electron chi connectivity index (χ0n) is 15.8. The van der Waals surface area contributed by atoms with Crippen molar-refractivity contribution in [2.24, 2.45) is 0 Å². The standard InChI is InChI=1S/C17H27BrN2O5Si/c1-17(2,3)26(4,5)24-10-13-12(21)8-14(25-13)20-9-11(6-7-18)15(22)19-16(20)23/h6-7,9,12-14,21H,8,10H2,1-5H3,(H,19,22,23)/b7-6+/t12-,13+,14+/m0/s1. The minimum atomic E-state index is -1.96. The van der Waals surface area contributed by atoms with Gasteiger partial charge in [0.1, 0.15) is 12.3 Å². The summed E-state index contributed by atoms with van der Waals surface area (Å²) in [4.78, 5) is 27.7. The van der Waals surface area contributed by atoms with E-state index >= 15 is 0 Å². The molecule has 0 radical (unpaired) electrons. The predicted molar refractivity (Wildman–Crippen MR) is 107 cm³/mol. The second-order valence-electron chi connectivity index (χ2n) is 8.05. The molecule has 1 aromatic heterocycles. The maximum absolute atomic E-state index is 12.1. The summed E-state index contributed by atoms with van der Waals surface area (Å²) in [5.41, 5.74) is -0.719. The van der Waals surface area contributed by atoms with Crippen molar-refractivity contribution in [3.63, 3.8) is 0 Å².